The van der Waals surface area contributed by atoms with Gasteiger partial charge in [0.15, 0.2) is 0 Å². The Morgan fingerprint density at radius 3 is 3.07 bits per heavy atom. The lowest BCUT2D eigenvalue weighted by atomic mass is 10.2. The minimum absolute atomic E-state index is 0.0134. The zero-order valence-corrected chi connectivity index (χ0v) is 8.45. The molecule has 0 spiro atoms. The number of rotatable bonds is 3. The molecule has 0 aliphatic carbocycles. The van der Waals surface area contributed by atoms with E-state index in [1.165, 1.54) is 6.92 Å². The molecule has 0 aliphatic rings. The van der Waals surface area contributed by atoms with E-state index < -0.39 is 0 Å². The highest BCUT2D eigenvalue weighted by Gasteiger charge is 1.88. The lowest BCUT2D eigenvalue weighted by molar-refractivity contribution is -0.118. The molecule has 3 heteroatoms. The van der Waals surface area contributed by atoms with E-state index in [4.69, 9.17) is 0 Å². The van der Waals surface area contributed by atoms with Crippen LogP contribution >= 0.6 is 0 Å². The Hall–Kier alpha value is -1.64. The van der Waals surface area contributed by atoms with E-state index in [9.17, 15) is 4.79 Å². The number of aromatic nitrogens is 1. The summed E-state index contributed by atoms with van der Waals surface area (Å²) in [5.74, 6) is -0.0134. The molecule has 1 amide bonds. The quantitative estimate of drug-likeness (QED) is 0.785. The first-order valence-electron chi connectivity index (χ1n) is 4.52. The fraction of sp³-hybridized carbons (Fsp3) is 0.273. The van der Waals surface area contributed by atoms with Crippen molar-refractivity contribution in [3.63, 3.8) is 0 Å². The van der Waals surface area contributed by atoms with Gasteiger partial charge in [-0.15, -0.1) is 0 Å². The largest absolute Gasteiger partial charge is 0.353 e. The van der Waals surface area contributed by atoms with Gasteiger partial charge < -0.3 is 5.32 Å². The Morgan fingerprint density at radius 1 is 1.64 bits per heavy atom. The van der Waals surface area contributed by atoms with Gasteiger partial charge in [0, 0.05) is 25.4 Å². The number of carbonyl (C=O) groups excluding carboxylic acids is 1. The summed E-state index contributed by atoms with van der Waals surface area (Å²) >= 11 is 0. The fourth-order valence-electron chi connectivity index (χ4n) is 1.07. The predicted molar refractivity (Wildman–Crippen MR) is 56.7 cm³/mol. The first kappa shape index (κ1) is 10.4. The molecule has 0 saturated carbocycles. The molecule has 0 aromatic carbocycles. The molecule has 0 bridgehead atoms. The first-order valence-corrected chi connectivity index (χ1v) is 4.52. The second-order valence-electron chi connectivity index (χ2n) is 3.07. The number of hydrogen-bond donors (Lipinski definition) is 1. The Bertz CT molecular complexity index is 345. The van der Waals surface area contributed by atoms with Crippen molar-refractivity contribution in [2.45, 2.75) is 13.8 Å². The summed E-state index contributed by atoms with van der Waals surface area (Å²) in [4.78, 5) is 14.6. The highest BCUT2D eigenvalue weighted by Crippen LogP contribution is 2.02. The lowest BCUT2D eigenvalue weighted by Crippen LogP contribution is -2.19. The minimum Gasteiger partial charge on any atom is -0.353 e. The van der Waals surface area contributed by atoms with Crippen LogP contribution in [0.15, 0.2) is 24.4 Å². The number of hydrogen-bond acceptors (Lipinski definition) is 2. The molecule has 1 heterocycles. The molecule has 0 unspecified atom stereocenters. The maximum atomic E-state index is 10.6. The van der Waals surface area contributed by atoms with E-state index in [0.717, 1.165) is 11.3 Å². The maximum Gasteiger partial charge on any atom is 0.217 e. The summed E-state index contributed by atoms with van der Waals surface area (Å²) in [6.07, 6.45) is 5.65. The summed E-state index contributed by atoms with van der Waals surface area (Å²) in [5.41, 5.74) is 2.09. The lowest BCUT2D eigenvalue weighted by Gasteiger charge is -1.96. The molecule has 74 valence electrons. The smallest absolute Gasteiger partial charge is 0.217 e. The number of amides is 1. The van der Waals surface area contributed by atoms with Crippen LogP contribution in [0, 0.1) is 6.92 Å². The van der Waals surface area contributed by atoms with Gasteiger partial charge in [0.1, 0.15) is 0 Å². The monoisotopic (exact) mass is 190 g/mol. The van der Waals surface area contributed by atoms with Crippen molar-refractivity contribution in [3.05, 3.63) is 35.7 Å². The van der Waals surface area contributed by atoms with Crippen LogP contribution in [-0.2, 0) is 4.79 Å². The van der Waals surface area contributed by atoms with Crippen LogP contribution in [0.1, 0.15) is 18.2 Å². The Balaban J connectivity index is 2.47. The summed E-state index contributed by atoms with van der Waals surface area (Å²) in [6, 6.07) is 3.92. The van der Waals surface area contributed by atoms with Gasteiger partial charge in [0.2, 0.25) is 5.91 Å². The van der Waals surface area contributed by atoms with Crippen LogP contribution in [0.5, 0.6) is 0 Å². The average molecular weight is 190 g/mol. The van der Waals surface area contributed by atoms with Crippen LogP contribution < -0.4 is 5.32 Å². The summed E-state index contributed by atoms with van der Waals surface area (Å²) in [6.45, 7) is 4.02. The van der Waals surface area contributed by atoms with E-state index in [0.29, 0.717) is 6.54 Å². The third kappa shape index (κ3) is 3.85. The number of nitrogens with zero attached hydrogens (tertiary/aromatic N) is 1. The second-order valence-corrected chi connectivity index (χ2v) is 3.07. The molecule has 1 aromatic rings. The van der Waals surface area contributed by atoms with Gasteiger partial charge >= 0.3 is 0 Å². The van der Waals surface area contributed by atoms with Gasteiger partial charge in [0.05, 0.1) is 0 Å². The van der Waals surface area contributed by atoms with Crippen molar-refractivity contribution in [2.75, 3.05) is 6.54 Å². The molecule has 1 rings (SSSR count). The van der Waals surface area contributed by atoms with Crippen LogP contribution in [-0.4, -0.2) is 17.4 Å². The van der Waals surface area contributed by atoms with Gasteiger partial charge in [0.25, 0.3) is 0 Å². The highest BCUT2D eigenvalue weighted by molar-refractivity contribution is 5.73. The summed E-state index contributed by atoms with van der Waals surface area (Å²) in [5, 5.41) is 2.69. The number of nitrogens with one attached hydrogen (secondary N) is 1. The first-order chi connectivity index (χ1) is 6.68. The Labute approximate surface area is 83.9 Å². The topological polar surface area (TPSA) is 42.0 Å². The Morgan fingerprint density at radius 2 is 2.43 bits per heavy atom. The molecular formula is C11H14N2O. The van der Waals surface area contributed by atoms with Crippen molar-refractivity contribution < 1.29 is 4.79 Å². The number of pyridine rings is 1. The van der Waals surface area contributed by atoms with Crippen LogP contribution in [0.3, 0.4) is 0 Å². The van der Waals surface area contributed by atoms with E-state index >= 15 is 0 Å². The van der Waals surface area contributed by atoms with Gasteiger partial charge in [-0.2, -0.15) is 0 Å². The van der Waals surface area contributed by atoms with Crippen LogP contribution in [0.4, 0.5) is 0 Å². The maximum absolute atomic E-state index is 10.6. The molecule has 0 aliphatic heterocycles. The molecule has 0 saturated heterocycles. The molecule has 0 atom stereocenters. The number of aryl methyl sites for hydroxylation is 1. The van der Waals surface area contributed by atoms with E-state index in [1.54, 1.807) is 6.20 Å². The SMILES string of the molecule is CC(=O)NCC=Cc1ccnc(C)c1. The Kier molecular flexibility index (Phi) is 3.85. The summed E-state index contributed by atoms with van der Waals surface area (Å²) < 4.78 is 0. The molecule has 14 heavy (non-hydrogen) atoms. The fourth-order valence-corrected chi connectivity index (χ4v) is 1.07. The molecule has 3 nitrogen and oxygen atoms in total. The van der Waals surface area contributed by atoms with Crippen molar-refractivity contribution in [3.8, 4) is 0 Å². The van der Waals surface area contributed by atoms with Crippen LogP contribution in [0.2, 0.25) is 0 Å². The number of carbonyl (C=O) groups is 1. The van der Waals surface area contributed by atoms with Gasteiger partial charge in [-0.3, -0.25) is 9.78 Å². The van der Waals surface area contributed by atoms with Crippen molar-refractivity contribution in [1.29, 1.82) is 0 Å². The normalized spacial score (nSPS) is 10.4. The highest BCUT2D eigenvalue weighted by atomic mass is 16.1. The van der Waals surface area contributed by atoms with Crippen molar-refractivity contribution in [2.24, 2.45) is 0 Å². The minimum atomic E-state index is -0.0134. The van der Waals surface area contributed by atoms with Crippen LogP contribution in [0.25, 0.3) is 6.08 Å². The average Bonchev–Trinajstić information content (AvgIpc) is 2.12. The van der Waals surface area contributed by atoms with Gasteiger partial charge in [-0.1, -0.05) is 12.2 Å². The van der Waals surface area contributed by atoms with Crippen molar-refractivity contribution >= 4 is 12.0 Å². The van der Waals surface area contributed by atoms with Gasteiger partial charge in [-0.25, -0.2) is 0 Å². The molecular weight excluding hydrogens is 176 g/mol. The molecule has 0 radical (unpaired) electrons. The third-order valence-electron chi connectivity index (χ3n) is 1.70. The van der Waals surface area contributed by atoms with Crippen molar-refractivity contribution in [1.82, 2.24) is 10.3 Å². The summed E-state index contributed by atoms with van der Waals surface area (Å²) in [7, 11) is 0. The molecule has 0 fully saturated rings. The third-order valence-corrected chi connectivity index (χ3v) is 1.70. The van der Waals surface area contributed by atoms with E-state index in [1.807, 2.05) is 31.2 Å². The molecule has 1 N–H and O–H groups in total. The van der Waals surface area contributed by atoms with E-state index in [2.05, 4.69) is 10.3 Å². The molecule has 1 aromatic heterocycles. The van der Waals surface area contributed by atoms with Gasteiger partial charge in [-0.05, 0) is 24.6 Å². The predicted octanol–water partition coefficient (Wildman–Crippen LogP) is 1.54. The van der Waals surface area contributed by atoms with E-state index in [-0.39, 0.29) is 5.91 Å². The standard InChI is InChI=1S/C11H14N2O/c1-9-8-11(5-7-12-9)4-3-6-13-10(2)14/h3-5,7-8H,6H2,1-2H3,(H,13,14). The zero-order chi connectivity index (χ0) is 10.4. The second kappa shape index (κ2) is 5.17. The zero-order valence-electron chi connectivity index (χ0n) is 8.45.